The number of non-ortho nitro benzene ring substituents is 1. The van der Waals surface area contributed by atoms with Gasteiger partial charge in [0.05, 0.1) is 25.3 Å². The minimum Gasteiger partial charge on any atom is -0.744 e. The predicted molar refractivity (Wildman–Crippen MR) is 142 cm³/mol. The fraction of sp³-hybridized carbons (Fsp3) is 0. The van der Waals surface area contributed by atoms with Gasteiger partial charge < -0.3 is 13.7 Å². The normalized spacial score (nSPS) is 12.0. The molecule has 0 atom stereocenters. The van der Waals surface area contributed by atoms with Crippen LogP contribution < -0.4 is 88.7 Å². The Bertz CT molecular complexity index is 2330. The van der Waals surface area contributed by atoms with Crippen LogP contribution in [0.2, 0.25) is 0 Å². The number of rotatable bonds is 7. The molecule has 0 radical (unpaired) electrons. The molecular weight excluding hydrogens is 685 g/mol. The molecule has 4 aromatic carbocycles. The monoisotopic (exact) mass is 698 g/mol. The Kier molecular flexibility index (Phi) is 12.9. The van der Waals surface area contributed by atoms with E-state index in [4.69, 9.17) is 0 Å². The minimum atomic E-state index is -5.18. The van der Waals surface area contributed by atoms with Crippen LogP contribution in [0.25, 0.3) is 39.6 Å². The van der Waals surface area contributed by atoms with Gasteiger partial charge in [-0.15, -0.1) is 10.2 Å². The zero-order valence-corrected chi connectivity index (χ0v) is 32.0. The number of benzene rings is 4. The van der Waals surface area contributed by atoms with E-state index in [9.17, 15) is 49.0 Å². The molecule has 216 valence electrons. The smallest absolute Gasteiger partial charge is 0.744 e. The molecule has 0 N–H and O–H groups in total. The van der Waals surface area contributed by atoms with Crippen molar-refractivity contribution in [2.24, 2.45) is 0 Å². The first-order valence-electron chi connectivity index (χ1n) is 11.3. The third kappa shape index (κ3) is 8.47. The van der Waals surface area contributed by atoms with Crippen molar-refractivity contribution in [3.63, 3.8) is 0 Å². The summed E-state index contributed by atoms with van der Waals surface area (Å²) in [5.41, 5.74) is -1.08. The van der Waals surface area contributed by atoms with E-state index in [1.807, 2.05) is 0 Å². The number of nitro groups is 1. The number of nitro benzene ring substituents is 1. The summed E-state index contributed by atoms with van der Waals surface area (Å²) in [6, 6.07) is 12.9. The quantitative estimate of drug-likeness (QED) is 0.0505. The van der Waals surface area contributed by atoms with E-state index in [0.29, 0.717) is 6.07 Å². The Morgan fingerprint density at radius 1 is 0.644 bits per heavy atom. The number of nitrogens with zero attached hydrogens (tertiary/aromatic N) is 4. The Balaban J connectivity index is 0.00000235. The topological polar surface area (TPSA) is 245 Å². The molecule has 0 saturated heterocycles. The summed E-state index contributed by atoms with van der Waals surface area (Å²) >= 11 is 0. The molecule has 0 aliphatic carbocycles. The van der Waals surface area contributed by atoms with E-state index < -0.39 is 55.7 Å². The maximum Gasteiger partial charge on any atom is 1.00 e. The van der Waals surface area contributed by atoms with Crippen molar-refractivity contribution in [3.8, 4) is 5.69 Å². The number of hydrogen-bond donors (Lipinski definition) is 0. The first-order chi connectivity index (χ1) is 19.5. The van der Waals surface area contributed by atoms with Gasteiger partial charge in [-0.1, -0.05) is 42.5 Å². The Morgan fingerprint density at radius 2 is 1.16 bits per heavy atom. The van der Waals surface area contributed by atoms with Crippen LogP contribution in [0, 0.1) is 10.1 Å². The summed E-state index contributed by atoms with van der Waals surface area (Å²) in [4.78, 5) is 8.76. The molecule has 0 bridgehead atoms. The van der Waals surface area contributed by atoms with Crippen LogP contribution in [-0.2, 0) is 30.4 Å². The van der Waals surface area contributed by atoms with Gasteiger partial charge in [0.1, 0.15) is 41.4 Å². The number of aromatic nitrogens is 3. The zero-order valence-electron chi connectivity index (χ0n) is 23.5. The van der Waals surface area contributed by atoms with E-state index in [1.165, 1.54) is 24.3 Å². The molecule has 0 fully saturated rings. The Labute approximate surface area is 322 Å². The third-order valence-corrected chi connectivity index (χ3v) is 8.70. The Hall–Kier alpha value is -1.59. The molecule has 0 aliphatic rings. The molecule has 21 heteroatoms. The summed E-state index contributed by atoms with van der Waals surface area (Å²) in [6.45, 7) is 0. The van der Waals surface area contributed by atoms with E-state index in [1.54, 1.807) is 6.07 Å². The molecule has 0 spiro atoms. The molecule has 15 nitrogen and oxygen atoms in total. The third-order valence-electron chi connectivity index (χ3n) is 6.04. The molecule has 5 rings (SSSR count). The van der Waals surface area contributed by atoms with Gasteiger partial charge in [-0.2, -0.15) is 4.80 Å². The number of hydrogen-bond acceptors (Lipinski definition) is 13. The molecular formula is C24H13N4Na3O11S3. The van der Waals surface area contributed by atoms with Crippen LogP contribution in [0.15, 0.2) is 81.4 Å². The van der Waals surface area contributed by atoms with Crippen LogP contribution >= 0.6 is 0 Å². The van der Waals surface area contributed by atoms with Gasteiger partial charge in [-0.25, -0.2) is 25.3 Å². The largest absolute Gasteiger partial charge is 1.00 e. The number of fused-ring (bicyclic) bond motifs is 3. The standard InChI is InChI=1S/C24H16N4O11S3.3Na/c29-28(30)17-10-8-15(22(12-17)41(34,35)36)6-5-14-7-9-16(11-21(14)40(31,32)33)27-25-20-13-23(42(37,38)39)18-3-1-2-4-19(18)24(20)26-27;;;/h1-13H,(H,31,32,33)(H,34,35,36)(H,37,38,39);;;/q;3*+1/p-3. The zero-order chi connectivity index (χ0) is 30.6. The van der Waals surface area contributed by atoms with E-state index in [-0.39, 0.29) is 127 Å². The fourth-order valence-corrected chi connectivity index (χ4v) is 6.29. The van der Waals surface area contributed by atoms with Crippen molar-refractivity contribution in [3.05, 3.63) is 88.0 Å². The predicted octanol–water partition coefficient (Wildman–Crippen LogP) is -6.62. The minimum absolute atomic E-state index is 0. The SMILES string of the molecule is O=[N+]([O-])c1ccc(C=Cc2ccc(-n3nc4cc(S(=O)(=O)[O-])c5ccccc5c4n3)cc2S(=O)(=O)[O-])c(S(=O)(=O)[O-])c1.[Na+].[Na+].[Na+]. The first-order valence-corrected chi connectivity index (χ1v) is 15.5. The molecule has 1 heterocycles. The summed E-state index contributed by atoms with van der Waals surface area (Å²) in [5.74, 6) is 0. The van der Waals surface area contributed by atoms with Crippen molar-refractivity contribution in [2.75, 3.05) is 0 Å². The van der Waals surface area contributed by atoms with Gasteiger partial charge in [-0.05, 0) is 35.4 Å². The van der Waals surface area contributed by atoms with Gasteiger partial charge in [-0.3, -0.25) is 10.1 Å². The summed E-state index contributed by atoms with van der Waals surface area (Å²) in [7, 11) is -15.3. The van der Waals surface area contributed by atoms with Gasteiger partial charge in [0.25, 0.3) is 5.69 Å². The van der Waals surface area contributed by atoms with Crippen LogP contribution in [0.3, 0.4) is 0 Å². The second-order valence-electron chi connectivity index (χ2n) is 8.67. The molecule has 0 unspecified atom stereocenters. The average molecular weight is 699 g/mol. The van der Waals surface area contributed by atoms with Gasteiger partial charge in [0, 0.05) is 22.9 Å². The maximum absolute atomic E-state index is 12.1. The van der Waals surface area contributed by atoms with Crippen molar-refractivity contribution in [1.29, 1.82) is 0 Å². The van der Waals surface area contributed by atoms with Crippen LogP contribution in [0.4, 0.5) is 5.69 Å². The fourth-order valence-electron chi connectivity index (χ4n) is 4.21. The molecule has 0 saturated carbocycles. The second-order valence-corrected chi connectivity index (χ2v) is 12.7. The molecule has 0 amide bonds. The summed E-state index contributed by atoms with van der Waals surface area (Å²) in [6.07, 6.45) is 2.02. The maximum atomic E-state index is 12.1. The van der Waals surface area contributed by atoms with Crippen LogP contribution in [0.5, 0.6) is 0 Å². The van der Waals surface area contributed by atoms with Crippen LogP contribution in [-0.4, -0.2) is 58.8 Å². The summed E-state index contributed by atoms with van der Waals surface area (Å²) < 4.78 is 107. The van der Waals surface area contributed by atoms with E-state index in [0.717, 1.165) is 47.3 Å². The second kappa shape index (κ2) is 14.7. The van der Waals surface area contributed by atoms with Gasteiger partial charge in [0.2, 0.25) is 0 Å². The van der Waals surface area contributed by atoms with E-state index >= 15 is 0 Å². The summed E-state index contributed by atoms with van der Waals surface area (Å²) in [5, 5.41) is 19.8. The van der Waals surface area contributed by atoms with E-state index in [2.05, 4.69) is 10.2 Å². The molecule has 1 aromatic heterocycles. The van der Waals surface area contributed by atoms with Crippen molar-refractivity contribution < 1.29 is 133 Å². The average Bonchev–Trinajstić information content (AvgIpc) is 3.34. The molecule has 5 aromatic rings. The molecule has 45 heavy (non-hydrogen) atoms. The van der Waals surface area contributed by atoms with Gasteiger partial charge >= 0.3 is 88.7 Å². The van der Waals surface area contributed by atoms with Crippen molar-refractivity contribution in [1.82, 2.24) is 15.0 Å². The Morgan fingerprint density at radius 3 is 1.69 bits per heavy atom. The van der Waals surface area contributed by atoms with Crippen LogP contribution in [0.1, 0.15) is 11.1 Å². The van der Waals surface area contributed by atoms with Gasteiger partial charge in [0.15, 0.2) is 0 Å². The van der Waals surface area contributed by atoms with Crippen molar-refractivity contribution >= 4 is 70.0 Å². The van der Waals surface area contributed by atoms with Crippen molar-refractivity contribution in [2.45, 2.75) is 14.7 Å². The first kappa shape index (κ1) is 39.6. The molecule has 0 aliphatic heterocycles.